The Balaban J connectivity index is 1.32. The number of hydrogen-bond acceptors (Lipinski definition) is 9. The van der Waals surface area contributed by atoms with Crippen molar-refractivity contribution in [3.63, 3.8) is 0 Å². The number of thiophene rings is 1. The molecule has 2 aromatic heterocycles. The number of aromatic nitrogens is 2. The summed E-state index contributed by atoms with van der Waals surface area (Å²) in [6.07, 6.45) is 1.79. The Hall–Kier alpha value is -1.76. The van der Waals surface area contributed by atoms with Crippen LogP contribution in [0.1, 0.15) is 10.4 Å². The van der Waals surface area contributed by atoms with Crippen LogP contribution < -0.4 is 5.32 Å². The third-order valence-electron chi connectivity index (χ3n) is 3.95. The van der Waals surface area contributed by atoms with Gasteiger partial charge in [-0.25, -0.2) is 0 Å². The fourth-order valence-corrected chi connectivity index (χ4v) is 6.55. The summed E-state index contributed by atoms with van der Waals surface area (Å²) in [5, 5.41) is 13.8. The predicted molar refractivity (Wildman–Crippen MR) is 134 cm³/mol. The smallest absolute Gasteiger partial charge is 0.266 e. The zero-order valence-corrected chi connectivity index (χ0v) is 20.4. The minimum atomic E-state index is -0.382. The highest BCUT2D eigenvalue weighted by Crippen LogP contribution is 2.33. The molecular formula is C19H13ClN4O2S5. The lowest BCUT2D eigenvalue weighted by Crippen LogP contribution is -2.36. The van der Waals surface area contributed by atoms with Gasteiger partial charge in [0.1, 0.15) is 10.9 Å². The van der Waals surface area contributed by atoms with Crippen LogP contribution in [-0.4, -0.2) is 37.8 Å². The van der Waals surface area contributed by atoms with Gasteiger partial charge in [0.05, 0.1) is 4.91 Å². The van der Waals surface area contributed by atoms with Crippen LogP contribution >= 0.6 is 70.0 Å². The number of carbonyl (C=O) groups is 2. The van der Waals surface area contributed by atoms with Gasteiger partial charge >= 0.3 is 0 Å². The summed E-state index contributed by atoms with van der Waals surface area (Å²) in [6.45, 7) is -0.172. The minimum absolute atomic E-state index is 0.172. The van der Waals surface area contributed by atoms with Gasteiger partial charge in [-0.05, 0) is 29.2 Å². The molecule has 0 saturated carbocycles. The van der Waals surface area contributed by atoms with Gasteiger partial charge in [-0.3, -0.25) is 19.8 Å². The fraction of sp³-hybridized carbons (Fsp3) is 0.105. The predicted octanol–water partition coefficient (Wildman–Crippen LogP) is 5.39. The highest BCUT2D eigenvalue weighted by atomic mass is 35.5. The monoisotopic (exact) mass is 524 g/mol. The molecule has 3 aromatic rings. The molecular weight excluding hydrogens is 512 g/mol. The second kappa shape index (κ2) is 10.2. The largest absolute Gasteiger partial charge is 0.299 e. The maximum absolute atomic E-state index is 12.6. The maximum Gasteiger partial charge on any atom is 0.266 e. The van der Waals surface area contributed by atoms with Crippen molar-refractivity contribution < 1.29 is 9.59 Å². The number of halogens is 1. The summed E-state index contributed by atoms with van der Waals surface area (Å²) in [5.74, 6) is -0.00526. The van der Waals surface area contributed by atoms with E-state index in [0.29, 0.717) is 29.5 Å². The van der Waals surface area contributed by atoms with E-state index in [0.717, 1.165) is 10.4 Å². The molecule has 1 aliphatic heterocycles. The molecule has 0 spiro atoms. The Kier molecular flexibility index (Phi) is 7.41. The van der Waals surface area contributed by atoms with Crippen LogP contribution in [0.25, 0.3) is 6.08 Å². The van der Waals surface area contributed by atoms with E-state index in [2.05, 4.69) is 15.5 Å². The Labute approximate surface area is 205 Å². The van der Waals surface area contributed by atoms with Crippen molar-refractivity contribution in [2.75, 3.05) is 11.9 Å². The van der Waals surface area contributed by atoms with Crippen molar-refractivity contribution in [2.24, 2.45) is 0 Å². The van der Waals surface area contributed by atoms with Crippen molar-refractivity contribution in [1.82, 2.24) is 15.1 Å². The number of nitrogens with zero attached hydrogens (tertiary/aromatic N) is 3. The van der Waals surface area contributed by atoms with Crippen LogP contribution in [0.2, 0.25) is 5.02 Å². The van der Waals surface area contributed by atoms with E-state index >= 15 is 0 Å². The highest BCUT2D eigenvalue weighted by molar-refractivity contribution is 8.26. The molecule has 1 aromatic carbocycles. The summed E-state index contributed by atoms with van der Waals surface area (Å²) in [6, 6.07) is 11.4. The van der Waals surface area contributed by atoms with E-state index in [1.54, 1.807) is 6.08 Å². The first kappa shape index (κ1) is 22.4. The molecule has 1 fully saturated rings. The van der Waals surface area contributed by atoms with Crippen LogP contribution in [0, 0.1) is 0 Å². The molecule has 0 bridgehead atoms. The summed E-state index contributed by atoms with van der Waals surface area (Å²) < 4.78 is 1.07. The number of nitrogens with one attached hydrogen (secondary N) is 1. The van der Waals surface area contributed by atoms with Gasteiger partial charge < -0.3 is 0 Å². The second-order valence-electron chi connectivity index (χ2n) is 6.08. The summed E-state index contributed by atoms with van der Waals surface area (Å²) in [5.41, 5.74) is 1.000. The summed E-state index contributed by atoms with van der Waals surface area (Å²) in [7, 11) is 0. The molecule has 12 heteroatoms. The molecule has 0 aliphatic carbocycles. The number of rotatable bonds is 7. The van der Waals surface area contributed by atoms with E-state index in [-0.39, 0.29) is 18.4 Å². The van der Waals surface area contributed by atoms with Crippen LogP contribution in [0.3, 0.4) is 0 Å². The van der Waals surface area contributed by atoms with E-state index in [9.17, 15) is 9.59 Å². The first-order valence-electron chi connectivity index (χ1n) is 8.78. The zero-order chi connectivity index (χ0) is 21.8. The fourth-order valence-electron chi connectivity index (χ4n) is 2.51. The lowest BCUT2D eigenvalue weighted by molar-refractivity contribution is -0.126. The average Bonchev–Trinajstić information content (AvgIpc) is 3.47. The van der Waals surface area contributed by atoms with E-state index in [4.69, 9.17) is 23.8 Å². The number of amides is 2. The van der Waals surface area contributed by atoms with Gasteiger partial charge in [0.25, 0.3) is 5.91 Å². The number of hydrogen-bond donors (Lipinski definition) is 1. The number of benzene rings is 1. The second-order valence-corrected chi connectivity index (χ2v) is 11.3. The molecule has 1 N–H and O–H groups in total. The van der Waals surface area contributed by atoms with Crippen LogP contribution in [0.5, 0.6) is 0 Å². The Morgan fingerprint density at radius 1 is 1.26 bits per heavy atom. The quantitative estimate of drug-likeness (QED) is 0.192. The highest BCUT2D eigenvalue weighted by Gasteiger charge is 2.33. The number of thioether (sulfide) groups is 2. The Bertz CT molecular complexity index is 1160. The summed E-state index contributed by atoms with van der Waals surface area (Å²) >= 11 is 16.9. The normalized spacial score (nSPS) is 15.1. The molecule has 0 unspecified atom stereocenters. The molecule has 6 nitrogen and oxygen atoms in total. The van der Waals surface area contributed by atoms with E-state index in [1.807, 2.05) is 41.8 Å². The first-order chi connectivity index (χ1) is 15.0. The molecule has 0 radical (unpaired) electrons. The van der Waals surface area contributed by atoms with Crippen molar-refractivity contribution in [2.45, 2.75) is 10.1 Å². The van der Waals surface area contributed by atoms with E-state index < -0.39 is 0 Å². The minimum Gasteiger partial charge on any atom is -0.299 e. The zero-order valence-electron chi connectivity index (χ0n) is 15.6. The Morgan fingerprint density at radius 2 is 2.10 bits per heavy atom. The van der Waals surface area contributed by atoms with Gasteiger partial charge in [-0.2, -0.15) is 0 Å². The molecule has 3 heterocycles. The topological polar surface area (TPSA) is 75.2 Å². The maximum atomic E-state index is 12.6. The van der Waals surface area contributed by atoms with Gasteiger partial charge in [0.2, 0.25) is 11.0 Å². The molecule has 1 saturated heterocycles. The van der Waals surface area contributed by atoms with Gasteiger partial charge in [0, 0.05) is 15.7 Å². The van der Waals surface area contributed by atoms with Crippen molar-refractivity contribution in [1.29, 1.82) is 0 Å². The number of thiocarbonyl (C=S) groups is 1. The van der Waals surface area contributed by atoms with Gasteiger partial charge in [-0.1, -0.05) is 82.9 Å². The average molecular weight is 525 g/mol. The summed E-state index contributed by atoms with van der Waals surface area (Å²) in [4.78, 5) is 27.8. The molecule has 4 rings (SSSR count). The molecule has 1 aliphatic rings. The molecule has 31 heavy (non-hydrogen) atoms. The lowest BCUT2D eigenvalue weighted by atomic mass is 10.2. The lowest BCUT2D eigenvalue weighted by Gasteiger charge is -2.13. The van der Waals surface area contributed by atoms with Crippen molar-refractivity contribution in [3.8, 4) is 0 Å². The van der Waals surface area contributed by atoms with Crippen molar-refractivity contribution >= 4 is 97.4 Å². The third-order valence-corrected chi connectivity index (χ3v) is 8.54. The van der Waals surface area contributed by atoms with Crippen LogP contribution in [0.4, 0.5) is 5.13 Å². The molecule has 2 amide bonds. The molecule has 0 atom stereocenters. The number of anilines is 1. The first-order valence-corrected chi connectivity index (χ1v) is 13.1. The van der Waals surface area contributed by atoms with Gasteiger partial charge in [0.15, 0.2) is 4.34 Å². The number of carbonyl (C=O) groups excluding carboxylic acids is 2. The van der Waals surface area contributed by atoms with Crippen LogP contribution in [0.15, 0.2) is 51.0 Å². The SMILES string of the molecule is O=C(CN1C(=O)/C(=C/c2cccs2)SC1=S)Nc1nnc(SCc2ccccc2Cl)s1. The van der Waals surface area contributed by atoms with E-state index in [1.165, 1.54) is 51.1 Å². The third kappa shape index (κ3) is 5.73. The standard InChI is InChI=1S/C19H13ClN4O2S5/c20-13-6-2-1-4-11(13)10-29-18-23-22-17(31-18)21-15(25)9-24-16(26)14(30-19(24)27)8-12-5-3-7-28-12/h1-8H,9-10H2,(H,21,22,25)/b14-8-. The van der Waals surface area contributed by atoms with Crippen LogP contribution in [-0.2, 0) is 15.3 Å². The van der Waals surface area contributed by atoms with Gasteiger partial charge in [-0.15, -0.1) is 21.5 Å². The Morgan fingerprint density at radius 3 is 2.87 bits per heavy atom. The molecule has 158 valence electrons. The van der Waals surface area contributed by atoms with Crippen molar-refractivity contribution in [3.05, 3.63) is 62.1 Å².